The van der Waals surface area contributed by atoms with E-state index in [1.54, 1.807) is 4.68 Å². The van der Waals surface area contributed by atoms with E-state index in [-0.39, 0.29) is 12.5 Å². The highest BCUT2D eigenvalue weighted by Gasteiger charge is 2.19. The van der Waals surface area contributed by atoms with Gasteiger partial charge in [-0.2, -0.15) is 10.2 Å². The van der Waals surface area contributed by atoms with E-state index in [1.165, 1.54) is 0 Å². The zero-order valence-corrected chi connectivity index (χ0v) is 14.6. The van der Waals surface area contributed by atoms with Gasteiger partial charge in [-0.15, -0.1) is 0 Å². The molecule has 0 spiro atoms. The molecule has 0 bridgehead atoms. The molecule has 1 saturated heterocycles. The van der Waals surface area contributed by atoms with Crippen molar-refractivity contribution in [1.82, 2.24) is 24.5 Å². The number of aromatic nitrogens is 5. The highest BCUT2D eigenvalue weighted by atomic mass is 16.6. The van der Waals surface area contributed by atoms with Gasteiger partial charge in [0.1, 0.15) is 11.9 Å². The van der Waals surface area contributed by atoms with Gasteiger partial charge in [0, 0.05) is 18.7 Å². The maximum absolute atomic E-state index is 11.2. The molecule has 3 heterocycles. The van der Waals surface area contributed by atoms with Crippen molar-refractivity contribution < 1.29 is 14.3 Å². The highest BCUT2D eigenvalue weighted by Crippen LogP contribution is 2.10. The lowest BCUT2D eigenvalue weighted by atomic mass is 10.3. The van der Waals surface area contributed by atoms with Crippen LogP contribution >= 0.6 is 0 Å². The lowest BCUT2D eigenvalue weighted by molar-refractivity contribution is -0.117. The van der Waals surface area contributed by atoms with Crippen LogP contribution in [0, 0.1) is 13.8 Å². The zero-order valence-electron chi connectivity index (χ0n) is 14.6. The molecule has 1 amide bonds. The Labute approximate surface area is 146 Å². The van der Waals surface area contributed by atoms with E-state index in [4.69, 9.17) is 15.2 Å². The number of primary amides is 1. The summed E-state index contributed by atoms with van der Waals surface area (Å²) in [5.74, 6) is 0.782. The summed E-state index contributed by atoms with van der Waals surface area (Å²) < 4.78 is 14.9. The number of hydrogen-bond acceptors (Lipinski definition) is 6. The summed E-state index contributed by atoms with van der Waals surface area (Å²) in [6.45, 7) is 6.95. The fourth-order valence-corrected chi connectivity index (χ4v) is 2.93. The summed E-state index contributed by atoms with van der Waals surface area (Å²) in [6, 6.07) is 2.04. The highest BCUT2D eigenvalue weighted by molar-refractivity contribution is 5.75. The number of aryl methyl sites for hydroxylation is 4. The molecule has 0 aromatic carbocycles. The van der Waals surface area contributed by atoms with Crippen LogP contribution in [0.15, 0.2) is 6.07 Å². The summed E-state index contributed by atoms with van der Waals surface area (Å²) in [5, 5.41) is 8.89. The second-order valence-corrected chi connectivity index (χ2v) is 6.24. The molecule has 3 rings (SSSR count). The molecule has 2 N–H and O–H groups in total. The number of amides is 1. The van der Waals surface area contributed by atoms with E-state index in [0.717, 1.165) is 17.2 Å². The Balaban J connectivity index is 1.73. The molecule has 1 aliphatic rings. The van der Waals surface area contributed by atoms with Crippen molar-refractivity contribution in [3.63, 3.8) is 0 Å². The van der Waals surface area contributed by atoms with Gasteiger partial charge in [-0.3, -0.25) is 9.48 Å². The third kappa shape index (κ3) is 4.64. The molecular formula is C16H24N6O3. The minimum Gasteiger partial charge on any atom is -0.376 e. The Morgan fingerprint density at radius 3 is 2.80 bits per heavy atom. The molecule has 9 heteroatoms. The largest absolute Gasteiger partial charge is 0.376 e. The fourth-order valence-electron chi connectivity index (χ4n) is 2.93. The monoisotopic (exact) mass is 348 g/mol. The number of hydrogen-bond donors (Lipinski definition) is 1. The number of nitrogens with two attached hydrogens (primary N) is 1. The molecule has 1 unspecified atom stereocenters. The minimum absolute atomic E-state index is 0.0297. The van der Waals surface area contributed by atoms with Crippen LogP contribution in [0.3, 0.4) is 0 Å². The van der Waals surface area contributed by atoms with Crippen LogP contribution in [-0.2, 0) is 40.2 Å². The summed E-state index contributed by atoms with van der Waals surface area (Å²) >= 11 is 0. The van der Waals surface area contributed by atoms with Crippen LogP contribution in [0.4, 0.5) is 0 Å². The average molecular weight is 348 g/mol. The van der Waals surface area contributed by atoms with E-state index >= 15 is 0 Å². The third-order valence-electron chi connectivity index (χ3n) is 4.04. The normalized spacial score (nSPS) is 17.8. The predicted octanol–water partition coefficient (Wildman–Crippen LogP) is -0.223. The summed E-state index contributed by atoms with van der Waals surface area (Å²) in [5.41, 5.74) is 7.36. The topological polar surface area (TPSA) is 110 Å². The lowest BCUT2D eigenvalue weighted by Crippen LogP contribution is -2.33. The minimum atomic E-state index is -0.445. The molecule has 1 fully saturated rings. The van der Waals surface area contributed by atoms with E-state index in [1.807, 2.05) is 24.6 Å². The quantitative estimate of drug-likeness (QED) is 0.740. The Morgan fingerprint density at radius 2 is 2.16 bits per heavy atom. The van der Waals surface area contributed by atoms with Gasteiger partial charge in [0.25, 0.3) is 0 Å². The van der Waals surface area contributed by atoms with Gasteiger partial charge in [-0.1, -0.05) is 0 Å². The smallest absolute Gasteiger partial charge is 0.225 e. The molecule has 0 aliphatic carbocycles. The molecule has 1 atom stereocenters. The van der Waals surface area contributed by atoms with Crippen molar-refractivity contribution in [2.45, 2.75) is 45.9 Å². The van der Waals surface area contributed by atoms with Gasteiger partial charge in [0.05, 0.1) is 38.5 Å². The second kappa shape index (κ2) is 7.75. The van der Waals surface area contributed by atoms with Crippen molar-refractivity contribution in [1.29, 1.82) is 0 Å². The Hall–Kier alpha value is -2.26. The first-order valence-corrected chi connectivity index (χ1v) is 8.42. The van der Waals surface area contributed by atoms with Crippen molar-refractivity contribution in [2.75, 3.05) is 19.8 Å². The standard InChI is InChI=1S/C16H24N6O3/c1-11-7-12(2)21(19-11)4-3-16-18-15(8-14(17)23)20-22(16)9-13-10-24-5-6-25-13/h7,13H,3-6,8-10H2,1-2H3,(H2,17,23). The van der Waals surface area contributed by atoms with Crippen LogP contribution in [0.25, 0.3) is 0 Å². The van der Waals surface area contributed by atoms with Crippen molar-refractivity contribution in [3.8, 4) is 0 Å². The first-order valence-electron chi connectivity index (χ1n) is 8.42. The molecule has 0 radical (unpaired) electrons. The fraction of sp³-hybridized carbons (Fsp3) is 0.625. The lowest BCUT2D eigenvalue weighted by Gasteiger charge is -2.23. The first-order chi connectivity index (χ1) is 12.0. The SMILES string of the molecule is Cc1cc(C)n(CCc2nc(CC(N)=O)nn2CC2COCCO2)n1. The molecule has 1 aliphatic heterocycles. The van der Waals surface area contributed by atoms with Gasteiger partial charge < -0.3 is 15.2 Å². The molecule has 2 aromatic rings. The molecule has 9 nitrogen and oxygen atoms in total. The summed E-state index contributed by atoms with van der Waals surface area (Å²) in [6.07, 6.45) is 0.618. The van der Waals surface area contributed by atoms with Gasteiger partial charge >= 0.3 is 0 Å². The van der Waals surface area contributed by atoms with Gasteiger partial charge in [0.2, 0.25) is 5.91 Å². The number of rotatable bonds is 7. The van der Waals surface area contributed by atoms with Crippen LogP contribution < -0.4 is 5.73 Å². The van der Waals surface area contributed by atoms with Gasteiger partial charge in [-0.25, -0.2) is 9.67 Å². The maximum atomic E-state index is 11.2. The van der Waals surface area contributed by atoms with Crippen LogP contribution in [-0.4, -0.2) is 56.4 Å². The summed E-state index contributed by atoms with van der Waals surface area (Å²) in [7, 11) is 0. The van der Waals surface area contributed by atoms with Crippen molar-refractivity contribution >= 4 is 5.91 Å². The van der Waals surface area contributed by atoms with E-state index in [2.05, 4.69) is 15.2 Å². The molecule has 136 valence electrons. The predicted molar refractivity (Wildman–Crippen MR) is 88.9 cm³/mol. The second-order valence-electron chi connectivity index (χ2n) is 6.24. The number of nitrogens with zero attached hydrogens (tertiary/aromatic N) is 5. The van der Waals surface area contributed by atoms with Crippen LogP contribution in [0.1, 0.15) is 23.0 Å². The van der Waals surface area contributed by atoms with E-state index in [9.17, 15) is 4.79 Å². The Kier molecular flexibility index (Phi) is 5.44. The Bertz CT molecular complexity index is 732. The van der Waals surface area contributed by atoms with Crippen LogP contribution in [0.5, 0.6) is 0 Å². The molecule has 25 heavy (non-hydrogen) atoms. The summed E-state index contributed by atoms with van der Waals surface area (Å²) in [4.78, 5) is 15.7. The number of ether oxygens (including phenoxy) is 2. The zero-order chi connectivity index (χ0) is 17.8. The third-order valence-corrected chi connectivity index (χ3v) is 4.04. The Morgan fingerprint density at radius 1 is 1.32 bits per heavy atom. The first kappa shape index (κ1) is 17.6. The van der Waals surface area contributed by atoms with E-state index in [0.29, 0.717) is 45.2 Å². The van der Waals surface area contributed by atoms with Crippen molar-refractivity contribution in [3.05, 3.63) is 29.1 Å². The number of carbonyl (C=O) groups excluding carboxylic acids is 1. The van der Waals surface area contributed by atoms with Crippen LogP contribution in [0.2, 0.25) is 0 Å². The van der Waals surface area contributed by atoms with Gasteiger partial charge in [0.15, 0.2) is 5.82 Å². The van der Waals surface area contributed by atoms with E-state index < -0.39 is 5.91 Å². The average Bonchev–Trinajstić information content (AvgIpc) is 3.08. The van der Waals surface area contributed by atoms with Gasteiger partial charge in [-0.05, 0) is 19.9 Å². The van der Waals surface area contributed by atoms with Crippen molar-refractivity contribution in [2.24, 2.45) is 5.73 Å². The molecule has 0 saturated carbocycles. The molecule has 2 aromatic heterocycles. The number of carbonyl (C=O) groups is 1. The maximum Gasteiger partial charge on any atom is 0.225 e. The molecular weight excluding hydrogens is 324 g/mol.